The first kappa shape index (κ1) is 30.8. The zero-order valence-corrected chi connectivity index (χ0v) is 24.6. The summed E-state index contributed by atoms with van der Waals surface area (Å²) in [6.45, 7) is 12.0. The number of unbranched alkanes of at least 4 members (excludes halogenated alkanes) is 4. The number of aliphatic carboxylic acids is 1. The van der Waals surface area contributed by atoms with Crippen LogP contribution in [0.4, 0.5) is 8.78 Å². The number of halogens is 2. The van der Waals surface area contributed by atoms with Gasteiger partial charge in [0, 0.05) is 34.6 Å². The van der Waals surface area contributed by atoms with Gasteiger partial charge in [0.25, 0.3) is 5.92 Å². The molecule has 0 aromatic rings. The van der Waals surface area contributed by atoms with E-state index in [9.17, 15) is 9.59 Å². The minimum Gasteiger partial charge on any atom is -0.481 e. The summed E-state index contributed by atoms with van der Waals surface area (Å²) < 4.78 is 50.2. The van der Waals surface area contributed by atoms with Gasteiger partial charge in [0.1, 0.15) is 11.9 Å². The Bertz CT molecular complexity index is 690. The van der Waals surface area contributed by atoms with Gasteiger partial charge in [-0.2, -0.15) is 0 Å². The van der Waals surface area contributed by atoms with E-state index in [1.807, 2.05) is 40.8 Å². The zero-order valence-electron chi connectivity index (χ0n) is 23.6. The van der Waals surface area contributed by atoms with E-state index >= 15 is 8.78 Å². The molecule has 0 bridgehead atoms. The Hall–Kier alpha value is -0.433. The fraction of sp³-hybridized carbons (Fsp3) is 0.923. The van der Waals surface area contributed by atoms with Gasteiger partial charge >= 0.3 is 5.97 Å². The van der Waals surface area contributed by atoms with E-state index in [0.29, 0.717) is 32.1 Å². The molecule has 1 rings (SSSR count). The summed E-state index contributed by atoms with van der Waals surface area (Å²) in [4.78, 5) is 23.5. The van der Waals surface area contributed by atoms with Crippen molar-refractivity contribution in [2.24, 2.45) is 11.8 Å². The molecule has 0 amide bonds. The Morgan fingerprint density at radius 2 is 1.86 bits per heavy atom. The standard InChI is InChI=1S/C26H49F2O5PSi/c1-7-8-17-26(27,28)23(33-35(5,6)25(2,3)4)16-15-20-19(21(29)18-22(20)32-34)13-11-9-10-12-14-24(30)31/h19-20,22-23H,7-18,34H2,1-6H3,(H,30,31)/t19-,20-,22-,23?/m1/s1/i34T/t19-,20-,22-,23?,34?. The third-order valence-electron chi connectivity index (χ3n) is 7.96. The summed E-state index contributed by atoms with van der Waals surface area (Å²) in [7, 11) is -2.95. The van der Waals surface area contributed by atoms with Gasteiger partial charge < -0.3 is 14.1 Å². The largest absolute Gasteiger partial charge is 0.481 e. The van der Waals surface area contributed by atoms with Gasteiger partial charge in [-0.05, 0) is 56.2 Å². The normalized spacial score (nSPS) is 23.3. The molecule has 0 aromatic carbocycles. The Kier molecular flexibility index (Phi) is 12.7. The van der Waals surface area contributed by atoms with Gasteiger partial charge in [-0.3, -0.25) is 9.59 Å². The molecule has 0 aliphatic heterocycles. The highest BCUT2D eigenvalue weighted by molar-refractivity contribution is 7.09. The minimum atomic E-state index is -2.94. The molecule has 35 heavy (non-hydrogen) atoms. The lowest BCUT2D eigenvalue weighted by atomic mass is 9.84. The molecular formula is C26H49F2O5PSi. The summed E-state index contributed by atoms with van der Waals surface area (Å²) in [5, 5.41) is 8.58. The highest BCUT2D eigenvalue weighted by atomic mass is 31.0. The number of hydrogen-bond acceptors (Lipinski definition) is 4. The second-order valence-electron chi connectivity index (χ2n) is 11.8. The maximum Gasteiger partial charge on any atom is 0.303 e. The van der Waals surface area contributed by atoms with Crippen molar-refractivity contribution in [3.8, 4) is 0 Å². The van der Waals surface area contributed by atoms with Crippen molar-refractivity contribution in [1.82, 2.24) is 0 Å². The summed E-state index contributed by atoms with van der Waals surface area (Å²) in [5.41, 5.74) is 0. The van der Waals surface area contributed by atoms with Crippen molar-refractivity contribution in [3.63, 3.8) is 0 Å². The number of carbonyl (C=O) groups excluding carboxylic acids is 1. The minimum absolute atomic E-state index is 0.0911. The smallest absolute Gasteiger partial charge is 0.303 e. The van der Waals surface area contributed by atoms with Gasteiger partial charge in [-0.25, -0.2) is 8.78 Å². The van der Waals surface area contributed by atoms with E-state index in [0.717, 1.165) is 19.3 Å². The van der Waals surface area contributed by atoms with Crippen LogP contribution in [0.2, 0.25) is 18.1 Å². The number of rotatable bonds is 18. The average molecular weight is 541 g/mol. The fourth-order valence-electron chi connectivity index (χ4n) is 4.69. The molecular weight excluding hydrogens is 489 g/mol. The zero-order chi connectivity index (χ0) is 27.6. The molecule has 5 nitrogen and oxygen atoms in total. The summed E-state index contributed by atoms with van der Waals surface area (Å²) in [6, 6.07) is 0. The third-order valence-corrected chi connectivity index (χ3v) is 12.7. The van der Waals surface area contributed by atoms with Gasteiger partial charge in [0.05, 0.1) is 7.38 Å². The van der Waals surface area contributed by atoms with E-state index in [4.69, 9.17) is 15.3 Å². The van der Waals surface area contributed by atoms with Crippen molar-refractivity contribution in [3.05, 3.63) is 0 Å². The number of ketones is 1. The first-order chi connectivity index (χ1) is 16.7. The van der Waals surface area contributed by atoms with Gasteiger partial charge in [0.2, 0.25) is 0 Å². The van der Waals surface area contributed by atoms with Gasteiger partial charge in [-0.1, -0.05) is 53.4 Å². The average Bonchev–Trinajstić information content (AvgIpc) is 3.05. The van der Waals surface area contributed by atoms with Crippen LogP contribution in [0.5, 0.6) is 0 Å². The highest BCUT2D eigenvalue weighted by Crippen LogP contribution is 2.44. The van der Waals surface area contributed by atoms with Gasteiger partial charge in [0.15, 0.2) is 8.32 Å². The lowest BCUT2D eigenvalue weighted by molar-refractivity contribution is -0.137. The lowest BCUT2D eigenvalue weighted by Gasteiger charge is -2.42. The Balaban J connectivity index is 2.95. The Morgan fingerprint density at radius 3 is 2.43 bits per heavy atom. The summed E-state index contributed by atoms with van der Waals surface area (Å²) in [5.74, 6) is -4.11. The Labute approximate surface area is 216 Å². The van der Waals surface area contributed by atoms with Crippen LogP contribution in [0, 0.1) is 11.8 Å². The lowest BCUT2D eigenvalue weighted by Crippen LogP contribution is -2.49. The number of carboxylic acids is 1. The van der Waals surface area contributed by atoms with E-state index in [-0.39, 0.29) is 48.3 Å². The van der Waals surface area contributed by atoms with Crippen LogP contribution in [0.15, 0.2) is 0 Å². The molecule has 0 heterocycles. The first-order valence-corrected chi connectivity index (χ1v) is 16.6. The van der Waals surface area contributed by atoms with Crippen molar-refractivity contribution in [1.29, 1.82) is 1.28 Å². The van der Waals surface area contributed by atoms with Gasteiger partial charge in [-0.15, -0.1) is 0 Å². The van der Waals surface area contributed by atoms with Crippen LogP contribution in [0.3, 0.4) is 0 Å². The number of hydrogen-bond donors (Lipinski definition) is 1. The molecule has 0 radical (unpaired) electrons. The maximum atomic E-state index is 15.4. The molecule has 9 heteroatoms. The second kappa shape index (κ2) is 14.5. The quantitative estimate of drug-likeness (QED) is 0.109. The fourth-order valence-corrected chi connectivity index (χ4v) is 6.30. The number of Topliss-reactive ketones (excluding diaryl/α,β-unsaturated/α-hetero) is 1. The monoisotopic (exact) mass is 540 g/mol. The topological polar surface area (TPSA) is 72.8 Å². The van der Waals surface area contributed by atoms with E-state index in [1.54, 1.807) is 0 Å². The predicted octanol–water partition coefficient (Wildman–Crippen LogP) is 7.79. The Morgan fingerprint density at radius 1 is 1.20 bits per heavy atom. The number of alkyl halides is 2. The van der Waals surface area contributed by atoms with Crippen LogP contribution in [0.25, 0.3) is 0 Å². The maximum absolute atomic E-state index is 15.4. The molecule has 1 fully saturated rings. The SMILES string of the molecule is [3H]PO[C@@H]1CC(=O)[C@H](CCCCCCC(=O)O)[C@H]1CCC(O[Si](C)(C)C(C)(C)C)C(F)(F)CCCC. The second-order valence-corrected chi connectivity index (χ2v) is 16.7. The first-order valence-electron chi connectivity index (χ1n) is 13.8. The molecule has 1 N–H and O–H groups in total. The molecule has 1 saturated carbocycles. The predicted molar refractivity (Wildman–Crippen MR) is 142 cm³/mol. The van der Waals surface area contributed by atoms with Crippen LogP contribution in [-0.4, -0.2) is 44.6 Å². The summed E-state index contributed by atoms with van der Waals surface area (Å²) in [6.07, 6.45) is 3.95. The van der Waals surface area contributed by atoms with Crippen molar-refractivity contribution in [2.45, 2.75) is 141 Å². The summed E-state index contributed by atoms with van der Waals surface area (Å²) >= 11 is 0. The molecule has 0 aromatic heterocycles. The molecule has 5 atom stereocenters. The van der Waals surface area contributed by atoms with E-state index in [1.165, 1.54) is 0 Å². The molecule has 206 valence electrons. The third kappa shape index (κ3) is 10.5. The van der Waals surface area contributed by atoms with Crippen molar-refractivity contribution >= 4 is 29.5 Å². The molecule has 1 aliphatic rings. The molecule has 0 saturated heterocycles. The number of carbonyl (C=O) groups is 2. The van der Waals surface area contributed by atoms with Crippen molar-refractivity contribution < 1.29 is 32.4 Å². The van der Waals surface area contributed by atoms with Crippen molar-refractivity contribution in [2.75, 3.05) is 0 Å². The van der Waals surface area contributed by atoms with Crippen LogP contribution in [0.1, 0.15) is 105 Å². The van der Waals surface area contributed by atoms with E-state index in [2.05, 4.69) is 0 Å². The van der Waals surface area contributed by atoms with Crippen LogP contribution in [-0.2, 0) is 18.5 Å². The molecule has 0 spiro atoms. The van der Waals surface area contributed by atoms with Crippen LogP contribution >= 0.6 is 9.41 Å². The molecule has 2 unspecified atom stereocenters. The van der Waals surface area contributed by atoms with E-state index < -0.39 is 41.8 Å². The number of carboxylic acid groups (broad SMARTS) is 1. The highest BCUT2D eigenvalue weighted by Gasteiger charge is 2.48. The molecule has 1 aliphatic carbocycles. The van der Waals surface area contributed by atoms with Crippen LogP contribution < -0.4 is 0 Å².